The van der Waals surface area contributed by atoms with Crippen molar-refractivity contribution >= 4 is 5.91 Å². The highest BCUT2D eigenvalue weighted by atomic mass is 16.5. The summed E-state index contributed by atoms with van der Waals surface area (Å²) in [6.07, 6.45) is 2.30. The third-order valence-corrected chi connectivity index (χ3v) is 4.42. The molecule has 1 aromatic rings. The lowest BCUT2D eigenvalue weighted by molar-refractivity contribution is 0.0619. The van der Waals surface area contributed by atoms with E-state index in [0.29, 0.717) is 11.7 Å². The average Bonchev–Trinajstić information content (AvgIpc) is 2.49. The molecule has 1 unspecified atom stereocenters. The number of aromatic hydroxyl groups is 1. The molecule has 0 radical (unpaired) electrons. The zero-order valence-electron chi connectivity index (χ0n) is 11.6. The highest BCUT2D eigenvalue weighted by Gasteiger charge is 2.35. The Labute approximate surface area is 118 Å². The minimum Gasteiger partial charge on any atom is -0.507 e. The van der Waals surface area contributed by atoms with E-state index in [-0.39, 0.29) is 23.3 Å². The molecule has 20 heavy (non-hydrogen) atoms. The quantitative estimate of drug-likeness (QED) is 0.871. The van der Waals surface area contributed by atoms with Crippen LogP contribution in [0.15, 0.2) is 18.2 Å². The van der Waals surface area contributed by atoms with Gasteiger partial charge in [0.1, 0.15) is 11.5 Å². The molecule has 3 fully saturated rings. The second-order valence-electron chi connectivity index (χ2n) is 5.60. The number of ether oxygens (including phenoxy) is 1. The lowest BCUT2D eigenvalue weighted by Gasteiger charge is -2.44. The lowest BCUT2D eigenvalue weighted by Crippen LogP contribution is -2.57. The maximum Gasteiger partial charge on any atom is 0.255 e. The van der Waals surface area contributed by atoms with Crippen LogP contribution in [0.1, 0.15) is 23.2 Å². The molecular formula is C15H20N2O3. The summed E-state index contributed by atoms with van der Waals surface area (Å²) in [6.45, 7) is 3.20. The summed E-state index contributed by atoms with van der Waals surface area (Å²) in [5.41, 5.74) is 0.279. The molecule has 1 atom stereocenters. The summed E-state index contributed by atoms with van der Waals surface area (Å²) >= 11 is 0. The molecule has 0 aromatic heterocycles. The number of carbonyl (C=O) groups excluding carboxylic acids is 1. The van der Waals surface area contributed by atoms with Gasteiger partial charge in [0.2, 0.25) is 0 Å². The highest BCUT2D eigenvalue weighted by molar-refractivity contribution is 5.97. The van der Waals surface area contributed by atoms with E-state index in [1.165, 1.54) is 6.07 Å². The maximum absolute atomic E-state index is 12.3. The molecule has 2 N–H and O–H groups in total. The van der Waals surface area contributed by atoms with Gasteiger partial charge in [-0.25, -0.2) is 0 Å². The number of hydrogen-bond donors (Lipinski definition) is 2. The van der Waals surface area contributed by atoms with Gasteiger partial charge in [-0.2, -0.15) is 0 Å². The van der Waals surface area contributed by atoms with Crippen molar-refractivity contribution in [3.63, 3.8) is 0 Å². The number of nitrogens with zero attached hydrogens (tertiary/aromatic N) is 1. The fourth-order valence-electron chi connectivity index (χ4n) is 3.20. The van der Waals surface area contributed by atoms with Crippen molar-refractivity contribution < 1.29 is 14.6 Å². The van der Waals surface area contributed by atoms with Crippen LogP contribution in [0, 0.1) is 5.92 Å². The molecule has 5 heteroatoms. The van der Waals surface area contributed by atoms with E-state index in [1.54, 1.807) is 19.2 Å². The number of nitrogens with one attached hydrogen (secondary N) is 1. The van der Waals surface area contributed by atoms with Crippen LogP contribution in [0.2, 0.25) is 0 Å². The van der Waals surface area contributed by atoms with Gasteiger partial charge in [-0.3, -0.25) is 4.79 Å². The van der Waals surface area contributed by atoms with Gasteiger partial charge in [0.25, 0.3) is 5.91 Å². The van der Waals surface area contributed by atoms with E-state index in [1.807, 2.05) is 0 Å². The smallest absolute Gasteiger partial charge is 0.255 e. The first kappa shape index (κ1) is 13.2. The van der Waals surface area contributed by atoms with Crippen LogP contribution in [-0.2, 0) is 0 Å². The molecule has 3 aliphatic rings. The molecule has 3 heterocycles. The summed E-state index contributed by atoms with van der Waals surface area (Å²) in [5, 5.41) is 12.9. The van der Waals surface area contributed by atoms with Crippen molar-refractivity contribution in [1.29, 1.82) is 0 Å². The van der Waals surface area contributed by atoms with E-state index < -0.39 is 0 Å². The number of rotatable bonds is 3. The van der Waals surface area contributed by atoms with E-state index in [2.05, 4.69) is 10.2 Å². The molecule has 1 aromatic carbocycles. The van der Waals surface area contributed by atoms with Crippen LogP contribution in [0.25, 0.3) is 0 Å². The summed E-state index contributed by atoms with van der Waals surface area (Å²) in [4.78, 5) is 14.7. The topological polar surface area (TPSA) is 61.8 Å². The zero-order chi connectivity index (χ0) is 14.1. The van der Waals surface area contributed by atoms with Crippen LogP contribution in [0.4, 0.5) is 0 Å². The second kappa shape index (κ2) is 5.32. The first-order valence-electron chi connectivity index (χ1n) is 7.07. The largest absolute Gasteiger partial charge is 0.507 e. The summed E-state index contributed by atoms with van der Waals surface area (Å²) < 4.78 is 5.10. The molecule has 108 valence electrons. The first-order valence-corrected chi connectivity index (χ1v) is 7.07. The Bertz CT molecular complexity index is 510. The number of benzene rings is 1. The number of methoxy groups -OCH3 is 1. The Balaban J connectivity index is 1.73. The monoisotopic (exact) mass is 276 g/mol. The fraction of sp³-hybridized carbons (Fsp3) is 0.533. The van der Waals surface area contributed by atoms with Crippen molar-refractivity contribution in [2.75, 3.05) is 26.7 Å². The van der Waals surface area contributed by atoms with Crippen LogP contribution in [0.3, 0.4) is 0 Å². The SMILES string of the molecule is COc1ccc(O)c(C(=O)NC2CN3CCC2CC3)c1. The summed E-state index contributed by atoms with van der Waals surface area (Å²) in [6, 6.07) is 4.90. The van der Waals surface area contributed by atoms with Gasteiger partial charge in [0, 0.05) is 12.6 Å². The van der Waals surface area contributed by atoms with Gasteiger partial charge >= 0.3 is 0 Å². The van der Waals surface area contributed by atoms with Gasteiger partial charge in [-0.15, -0.1) is 0 Å². The molecule has 3 aliphatic heterocycles. The van der Waals surface area contributed by atoms with Gasteiger partial charge in [-0.1, -0.05) is 0 Å². The van der Waals surface area contributed by atoms with Crippen molar-refractivity contribution in [2.45, 2.75) is 18.9 Å². The number of amides is 1. The Morgan fingerprint density at radius 1 is 1.40 bits per heavy atom. The standard InChI is InChI=1S/C15H20N2O3/c1-20-11-2-3-14(18)12(8-11)15(19)16-13-9-17-6-4-10(13)5-7-17/h2-3,8,10,13,18H,4-7,9H2,1H3,(H,16,19). The van der Waals surface area contributed by atoms with E-state index >= 15 is 0 Å². The number of phenols is 1. The van der Waals surface area contributed by atoms with Crippen LogP contribution >= 0.6 is 0 Å². The molecule has 3 saturated heterocycles. The summed E-state index contributed by atoms with van der Waals surface area (Å²) in [7, 11) is 1.54. The Kier molecular flexibility index (Phi) is 3.53. The van der Waals surface area contributed by atoms with Crippen LogP contribution in [0.5, 0.6) is 11.5 Å². The molecule has 2 bridgehead atoms. The normalized spacial score (nSPS) is 28.1. The highest BCUT2D eigenvalue weighted by Crippen LogP contribution is 2.28. The predicted molar refractivity (Wildman–Crippen MR) is 75.1 cm³/mol. The number of hydrogen-bond acceptors (Lipinski definition) is 4. The van der Waals surface area contributed by atoms with Gasteiger partial charge in [-0.05, 0) is 50.0 Å². The molecule has 4 rings (SSSR count). The summed E-state index contributed by atoms with van der Waals surface area (Å²) in [5.74, 6) is 0.906. The predicted octanol–water partition coefficient (Wildman–Crippen LogP) is 1.22. The number of phenolic OH excluding ortho intramolecular Hbond substituents is 1. The molecule has 5 nitrogen and oxygen atoms in total. The molecule has 0 spiro atoms. The van der Waals surface area contributed by atoms with E-state index in [9.17, 15) is 9.90 Å². The van der Waals surface area contributed by atoms with Crippen molar-refractivity contribution in [3.8, 4) is 11.5 Å². The Morgan fingerprint density at radius 3 is 2.75 bits per heavy atom. The first-order chi connectivity index (χ1) is 9.67. The lowest BCUT2D eigenvalue weighted by atomic mass is 9.84. The van der Waals surface area contributed by atoms with Crippen molar-refractivity contribution in [3.05, 3.63) is 23.8 Å². The van der Waals surface area contributed by atoms with E-state index in [0.717, 1.165) is 32.5 Å². The Morgan fingerprint density at radius 2 is 2.15 bits per heavy atom. The third-order valence-electron chi connectivity index (χ3n) is 4.42. The average molecular weight is 276 g/mol. The molecule has 0 aliphatic carbocycles. The fourth-order valence-corrected chi connectivity index (χ4v) is 3.20. The van der Waals surface area contributed by atoms with Gasteiger partial charge in [0.15, 0.2) is 0 Å². The van der Waals surface area contributed by atoms with E-state index in [4.69, 9.17) is 4.74 Å². The Hall–Kier alpha value is -1.75. The number of carbonyl (C=O) groups is 1. The van der Waals surface area contributed by atoms with Crippen LogP contribution < -0.4 is 10.1 Å². The van der Waals surface area contributed by atoms with Gasteiger partial charge < -0.3 is 20.1 Å². The third kappa shape index (κ3) is 2.45. The maximum atomic E-state index is 12.3. The van der Waals surface area contributed by atoms with Crippen molar-refractivity contribution in [2.24, 2.45) is 5.92 Å². The number of fused-ring (bicyclic) bond motifs is 3. The molecular weight excluding hydrogens is 256 g/mol. The zero-order valence-corrected chi connectivity index (χ0v) is 11.6. The molecule has 0 saturated carbocycles. The minimum absolute atomic E-state index is 0.00965. The molecule has 1 amide bonds. The number of piperidine rings is 3. The van der Waals surface area contributed by atoms with Crippen LogP contribution in [-0.4, -0.2) is 48.7 Å². The van der Waals surface area contributed by atoms with Gasteiger partial charge in [0.05, 0.1) is 12.7 Å². The van der Waals surface area contributed by atoms with Crippen molar-refractivity contribution in [1.82, 2.24) is 10.2 Å². The second-order valence-corrected chi connectivity index (χ2v) is 5.60. The minimum atomic E-state index is -0.222.